The fourth-order valence-corrected chi connectivity index (χ4v) is 88.9. The van der Waals surface area contributed by atoms with E-state index in [1.165, 1.54) is 0 Å². The molecule has 0 N–H and O–H groups in total. The van der Waals surface area contributed by atoms with Crippen molar-refractivity contribution in [2.75, 3.05) is 0 Å². The van der Waals surface area contributed by atoms with Crippen LogP contribution in [0.1, 0.15) is 32.2 Å². The second-order valence-corrected chi connectivity index (χ2v) is 79.4. The van der Waals surface area contributed by atoms with Gasteiger partial charge in [0, 0.05) is 0 Å². The summed E-state index contributed by atoms with van der Waals surface area (Å²) >= 11 is -3.60. The van der Waals surface area contributed by atoms with Crippen molar-refractivity contribution in [2.45, 2.75) is 175 Å². The Labute approximate surface area is 294 Å². The summed E-state index contributed by atoms with van der Waals surface area (Å²) in [6, 6.07) is 5.58. The third-order valence-corrected chi connectivity index (χ3v) is 77.2. The Morgan fingerprint density at radius 1 is 0.386 bits per heavy atom. The van der Waals surface area contributed by atoms with Crippen LogP contribution in [-0.4, -0.2) is 87.3 Å². The molecule has 44 heavy (non-hydrogen) atoms. The van der Waals surface area contributed by atoms with Crippen LogP contribution in [0.3, 0.4) is 0 Å². The number of rotatable bonds is 13. The Morgan fingerprint density at radius 3 is 0.795 bits per heavy atom. The zero-order valence-corrected chi connectivity index (χ0v) is 46.3. The maximum atomic E-state index is 16.1. The van der Waals surface area contributed by atoms with Gasteiger partial charge in [0.2, 0.25) is 0 Å². The standard InChI is InChI=1S/C27H59Si6.C7H19Si2.O.Pb/c1-28(2,3)25(29(4,5)6)22-19-23(26(30(7,8)9)31(10,11)12)21-24(20-22)27(32(13,14)15)33(16,17)18;1-8(2,3)7-9(4,5)6;;/h19-20,25-27H,1-18H3;7H,1-6H3;;. The van der Waals surface area contributed by atoms with Crippen molar-refractivity contribution in [2.24, 2.45) is 0 Å². The van der Waals surface area contributed by atoms with Crippen molar-refractivity contribution in [3.8, 4) is 0 Å². The van der Waals surface area contributed by atoms with Crippen LogP contribution in [0.15, 0.2) is 12.1 Å². The van der Waals surface area contributed by atoms with E-state index in [0.717, 1.165) is 0 Å². The van der Waals surface area contributed by atoms with E-state index >= 15 is 2.69 Å². The molecule has 1 aromatic carbocycles. The van der Waals surface area contributed by atoms with Gasteiger partial charge in [0.1, 0.15) is 0 Å². The molecule has 0 radical (unpaired) electrons. The van der Waals surface area contributed by atoms with Crippen molar-refractivity contribution in [3.05, 3.63) is 28.8 Å². The normalized spacial score (nSPS) is 15.3. The summed E-state index contributed by atoms with van der Waals surface area (Å²) < 4.78 is 18.2. The molecule has 0 aliphatic carbocycles. The van der Waals surface area contributed by atoms with Crippen molar-refractivity contribution < 1.29 is 2.69 Å². The molecule has 256 valence electrons. The molecule has 1 nitrogen and oxygen atoms in total. The van der Waals surface area contributed by atoms with E-state index < -0.39 is 87.3 Å². The van der Waals surface area contributed by atoms with Gasteiger partial charge in [0.25, 0.3) is 0 Å². The summed E-state index contributed by atoms with van der Waals surface area (Å²) in [5.74, 6) is 0. The molecule has 0 amide bonds. The third-order valence-electron chi connectivity index (χ3n) is 9.61. The van der Waals surface area contributed by atoms with Crippen LogP contribution >= 0.6 is 0 Å². The van der Waals surface area contributed by atoms with Gasteiger partial charge in [0.05, 0.1) is 0 Å². The molecule has 0 atom stereocenters. The molecule has 0 aromatic heterocycles. The van der Waals surface area contributed by atoms with E-state index in [9.17, 15) is 0 Å². The quantitative estimate of drug-likeness (QED) is 0.180. The van der Waals surface area contributed by atoms with E-state index in [-0.39, 0.29) is 0 Å². The Kier molecular flexibility index (Phi) is 13.7. The van der Waals surface area contributed by atoms with Gasteiger partial charge >= 0.3 is 297 Å². The van der Waals surface area contributed by atoms with E-state index in [2.05, 4.69) is 169 Å². The van der Waals surface area contributed by atoms with Crippen LogP contribution in [0.5, 0.6) is 0 Å². The van der Waals surface area contributed by atoms with Crippen LogP contribution in [0, 0.1) is 0 Å². The van der Waals surface area contributed by atoms with Crippen LogP contribution in [0.25, 0.3) is 0 Å². The van der Waals surface area contributed by atoms with Crippen LogP contribution < -0.4 is 3.12 Å². The Balaban J connectivity index is 4.91. The summed E-state index contributed by atoms with van der Waals surface area (Å²) in [4.78, 5) is 0. The summed E-state index contributed by atoms with van der Waals surface area (Å²) in [7, 11) is -12.9. The Hall–Kier alpha value is 1.68. The first-order valence-corrected chi connectivity index (χ1v) is 52.0. The molecule has 0 saturated carbocycles. The SMILES string of the molecule is C[Si](C)(C)C(c1cc(C([Si](C)(C)C)[Si](C)(C)C)[c]([Pb](=[O])[CH]([Si](C)(C)C)[Si](C)(C)C)c(C([Si](C)(C)C)[Si](C)(C)C)c1)[Si](C)(C)C. The molecule has 0 unspecified atom stereocenters. The van der Waals surface area contributed by atoms with E-state index in [0.29, 0.717) is 18.2 Å². The number of benzene rings is 1. The Bertz CT molecular complexity index is 1060. The van der Waals surface area contributed by atoms with Gasteiger partial charge in [-0.05, 0) is 0 Å². The first-order chi connectivity index (χ1) is 18.9. The molecule has 0 aliphatic rings. The Morgan fingerprint density at radius 2 is 0.614 bits per heavy atom. The van der Waals surface area contributed by atoms with Crippen LogP contribution in [0.4, 0.5) is 0 Å². The zero-order valence-electron chi connectivity index (χ0n) is 34.4. The fourth-order valence-electron chi connectivity index (χ4n) is 10.6. The molecule has 10 heteroatoms. The van der Waals surface area contributed by atoms with E-state index in [1.54, 1.807) is 19.8 Å². The molecule has 0 bridgehead atoms. The molecule has 0 saturated heterocycles. The van der Waals surface area contributed by atoms with Crippen molar-refractivity contribution in [1.82, 2.24) is 0 Å². The summed E-state index contributed by atoms with van der Waals surface area (Å²) in [6.45, 7) is 62.8. The molecule has 1 aromatic rings. The summed E-state index contributed by atoms with van der Waals surface area (Å²) in [5.41, 5.74) is 5.01. The van der Waals surface area contributed by atoms with Gasteiger partial charge in [-0.1, -0.05) is 0 Å². The van der Waals surface area contributed by atoms with Crippen molar-refractivity contribution in [3.63, 3.8) is 0 Å². The topological polar surface area (TPSA) is 17.1 Å². The second kappa shape index (κ2) is 13.8. The van der Waals surface area contributed by atoms with Crippen LogP contribution in [0.2, 0.25) is 160 Å². The van der Waals surface area contributed by atoms with Gasteiger partial charge < -0.3 is 0 Å². The number of hydrogen-bond donors (Lipinski definition) is 0. The monoisotopic (exact) mass is 934 g/mol. The number of hydrogen-bond acceptors (Lipinski definition) is 1. The minimum absolute atomic E-state index is 0.529. The predicted octanol–water partition coefficient (Wildman–Crippen LogP) is 12.0. The van der Waals surface area contributed by atoms with Crippen LogP contribution in [-0.2, 0) is 2.69 Å². The first kappa shape index (κ1) is 43.7. The van der Waals surface area contributed by atoms with E-state index in [4.69, 9.17) is 0 Å². The first-order valence-electron chi connectivity index (χ1n) is 17.6. The summed E-state index contributed by atoms with van der Waals surface area (Å²) in [6.07, 6.45) is 0. The van der Waals surface area contributed by atoms with Gasteiger partial charge in [-0.2, -0.15) is 0 Å². The molecule has 0 heterocycles. The maximum absolute atomic E-state index is 16.1. The molecular formula is C34H78OPbSi8. The average molecular weight is 935 g/mol. The van der Waals surface area contributed by atoms with Gasteiger partial charge in [-0.3, -0.25) is 0 Å². The van der Waals surface area contributed by atoms with Crippen molar-refractivity contribution in [1.29, 1.82) is 0 Å². The summed E-state index contributed by atoms with van der Waals surface area (Å²) in [5, 5.41) is 1.98. The molecular weight excluding hydrogens is 856 g/mol. The van der Waals surface area contributed by atoms with Crippen molar-refractivity contribution >= 4 is 90.4 Å². The van der Waals surface area contributed by atoms with Gasteiger partial charge in [-0.15, -0.1) is 0 Å². The second-order valence-electron chi connectivity index (χ2n) is 23.1. The van der Waals surface area contributed by atoms with E-state index in [1.807, 2.05) is 0 Å². The molecule has 1 rings (SSSR count). The predicted molar refractivity (Wildman–Crippen MR) is 231 cm³/mol. The molecule has 0 aliphatic heterocycles. The fraction of sp³-hybridized carbons (Fsp3) is 0.824. The average Bonchev–Trinajstić information content (AvgIpc) is 2.57. The molecule has 0 spiro atoms. The molecule has 0 fully saturated rings. The zero-order chi connectivity index (χ0) is 35.6. The van der Waals surface area contributed by atoms with Gasteiger partial charge in [-0.25, -0.2) is 0 Å². The van der Waals surface area contributed by atoms with Gasteiger partial charge in [0.15, 0.2) is 0 Å². The third kappa shape index (κ3) is 10.8. The minimum atomic E-state index is -3.60.